The van der Waals surface area contributed by atoms with Crippen LogP contribution in [-0.4, -0.2) is 60.4 Å². The first kappa shape index (κ1) is 20.8. The van der Waals surface area contributed by atoms with Crippen molar-refractivity contribution in [1.82, 2.24) is 15.1 Å². The van der Waals surface area contributed by atoms with Crippen molar-refractivity contribution >= 4 is 11.8 Å². The molecule has 2 aliphatic rings. The Hall–Kier alpha value is -1.88. The third kappa shape index (κ3) is 5.81. The van der Waals surface area contributed by atoms with Gasteiger partial charge in [-0.05, 0) is 50.6 Å². The summed E-state index contributed by atoms with van der Waals surface area (Å²) in [4.78, 5) is 29.7. The summed E-state index contributed by atoms with van der Waals surface area (Å²) in [6.07, 6.45) is 4.75. The van der Waals surface area contributed by atoms with Crippen molar-refractivity contribution in [2.24, 2.45) is 11.8 Å². The van der Waals surface area contributed by atoms with E-state index < -0.39 is 0 Å². The summed E-state index contributed by atoms with van der Waals surface area (Å²) < 4.78 is 0. The first-order valence-corrected chi connectivity index (χ1v) is 10.9. The van der Waals surface area contributed by atoms with Crippen LogP contribution in [0.2, 0.25) is 0 Å². The van der Waals surface area contributed by atoms with Crippen LogP contribution in [0.5, 0.6) is 0 Å². The summed E-state index contributed by atoms with van der Waals surface area (Å²) in [5.74, 6) is 0.892. The van der Waals surface area contributed by atoms with Crippen LogP contribution in [-0.2, 0) is 16.0 Å². The van der Waals surface area contributed by atoms with Crippen LogP contribution in [0.15, 0.2) is 30.3 Å². The Bertz CT molecular complexity index is 649. The van der Waals surface area contributed by atoms with Crippen LogP contribution in [0.3, 0.4) is 0 Å². The summed E-state index contributed by atoms with van der Waals surface area (Å²) in [5.41, 5.74) is 1.03. The average Bonchev–Trinajstić information content (AvgIpc) is 2.72. The van der Waals surface area contributed by atoms with Crippen LogP contribution < -0.4 is 5.32 Å². The Kier molecular flexibility index (Phi) is 7.49. The number of piperidine rings is 2. The first-order chi connectivity index (χ1) is 13.5. The minimum Gasteiger partial charge on any atom is -0.354 e. The Balaban J connectivity index is 1.45. The number of rotatable bonds is 6. The molecule has 5 heteroatoms. The molecule has 0 spiro atoms. The number of carbonyl (C=O) groups is 2. The van der Waals surface area contributed by atoms with E-state index in [1.165, 1.54) is 12.8 Å². The lowest BCUT2D eigenvalue weighted by Gasteiger charge is -2.36. The molecule has 0 aromatic heterocycles. The van der Waals surface area contributed by atoms with E-state index in [1.54, 1.807) is 0 Å². The van der Waals surface area contributed by atoms with E-state index in [4.69, 9.17) is 0 Å². The number of nitrogens with zero attached hydrogens (tertiary/aromatic N) is 2. The number of hydrogen-bond donors (Lipinski definition) is 1. The molecule has 5 nitrogen and oxygen atoms in total. The molecule has 3 rings (SSSR count). The van der Waals surface area contributed by atoms with Crippen molar-refractivity contribution in [2.45, 2.75) is 52.0 Å². The number of nitrogens with one attached hydrogen (secondary N) is 1. The number of amides is 2. The molecule has 3 unspecified atom stereocenters. The molecule has 28 heavy (non-hydrogen) atoms. The highest BCUT2D eigenvalue weighted by atomic mass is 16.2. The second kappa shape index (κ2) is 10.1. The normalized spacial score (nSPS) is 24.6. The van der Waals surface area contributed by atoms with Gasteiger partial charge >= 0.3 is 0 Å². The van der Waals surface area contributed by atoms with Crippen LogP contribution in [0.1, 0.15) is 45.1 Å². The zero-order chi connectivity index (χ0) is 19.9. The standard InChI is InChI=1S/C23H35N3O2/c1-18-8-6-12-25(16-18)19(2)15-24-23(28)21-11-7-13-26(17-21)22(27)14-20-9-4-3-5-10-20/h3-5,9-10,18-19,21H,6-8,11-17H2,1-2H3,(H,24,28). The van der Waals surface area contributed by atoms with E-state index in [9.17, 15) is 9.59 Å². The molecule has 0 aliphatic carbocycles. The summed E-state index contributed by atoms with van der Waals surface area (Å²) >= 11 is 0. The maximum absolute atomic E-state index is 12.7. The van der Waals surface area contributed by atoms with Gasteiger partial charge in [-0.3, -0.25) is 14.5 Å². The second-order valence-corrected chi connectivity index (χ2v) is 8.68. The number of benzene rings is 1. The molecule has 2 heterocycles. The highest BCUT2D eigenvalue weighted by molar-refractivity contribution is 5.82. The maximum Gasteiger partial charge on any atom is 0.227 e. The van der Waals surface area contributed by atoms with Crippen molar-refractivity contribution in [3.63, 3.8) is 0 Å². The molecule has 2 aliphatic heterocycles. The van der Waals surface area contributed by atoms with E-state index in [1.807, 2.05) is 35.2 Å². The van der Waals surface area contributed by atoms with Crippen molar-refractivity contribution < 1.29 is 9.59 Å². The summed E-state index contributed by atoms with van der Waals surface area (Å²) in [5, 5.41) is 3.15. The average molecular weight is 386 g/mol. The second-order valence-electron chi connectivity index (χ2n) is 8.68. The zero-order valence-electron chi connectivity index (χ0n) is 17.4. The van der Waals surface area contributed by atoms with Gasteiger partial charge in [-0.2, -0.15) is 0 Å². The molecule has 3 atom stereocenters. The van der Waals surface area contributed by atoms with E-state index in [-0.39, 0.29) is 17.7 Å². The summed E-state index contributed by atoms with van der Waals surface area (Å²) in [6, 6.07) is 10.2. The van der Waals surface area contributed by atoms with Crippen molar-refractivity contribution in [3.8, 4) is 0 Å². The van der Waals surface area contributed by atoms with Gasteiger partial charge in [0, 0.05) is 32.2 Å². The number of hydrogen-bond acceptors (Lipinski definition) is 3. The van der Waals surface area contributed by atoms with Gasteiger partial charge in [-0.15, -0.1) is 0 Å². The molecule has 154 valence electrons. The smallest absolute Gasteiger partial charge is 0.227 e. The van der Waals surface area contributed by atoms with Crippen molar-refractivity contribution in [3.05, 3.63) is 35.9 Å². The van der Waals surface area contributed by atoms with Gasteiger partial charge in [0.1, 0.15) is 0 Å². The maximum atomic E-state index is 12.7. The minimum absolute atomic E-state index is 0.0825. The highest BCUT2D eigenvalue weighted by Gasteiger charge is 2.29. The van der Waals surface area contributed by atoms with Gasteiger partial charge in [0.05, 0.1) is 12.3 Å². The molecule has 2 saturated heterocycles. The molecule has 2 amide bonds. The Morgan fingerprint density at radius 1 is 1.11 bits per heavy atom. The van der Waals surface area contributed by atoms with Crippen LogP contribution in [0, 0.1) is 11.8 Å². The Morgan fingerprint density at radius 3 is 2.61 bits per heavy atom. The highest BCUT2D eigenvalue weighted by Crippen LogP contribution is 2.19. The Labute approximate surface area is 169 Å². The van der Waals surface area contributed by atoms with Gasteiger partial charge in [-0.25, -0.2) is 0 Å². The van der Waals surface area contributed by atoms with Gasteiger partial charge in [0.2, 0.25) is 11.8 Å². The quantitative estimate of drug-likeness (QED) is 0.819. The van der Waals surface area contributed by atoms with Crippen LogP contribution >= 0.6 is 0 Å². The lowest BCUT2D eigenvalue weighted by Crippen LogP contribution is -2.49. The van der Waals surface area contributed by atoms with E-state index in [0.29, 0.717) is 25.6 Å². The third-order valence-electron chi connectivity index (χ3n) is 6.23. The largest absolute Gasteiger partial charge is 0.354 e. The van der Waals surface area contributed by atoms with Crippen molar-refractivity contribution in [2.75, 3.05) is 32.7 Å². The van der Waals surface area contributed by atoms with Crippen molar-refractivity contribution in [1.29, 1.82) is 0 Å². The molecular weight excluding hydrogens is 350 g/mol. The van der Waals surface area contributed by atoms with Crippen LogP contribution in [0.4, 0.5) is 0 Å². The predicted octanol–water partition coefficient (Wildman–Crippen LogP) is 2.70. The molecule has 0 saturated carbocycles. The topological polar surface area (TPSA) is 52.7 Å². The fourth-order valence-electron chi connectivity index (χ4n) is 4.45. The summed E-state index contributed by atoms with van der Waals surface area (Å²) in [6.45, 7) is 8.77. The first-order valence-electron chi connectivity index (χ1n) is 10.9. The molecule has 0 radical (unpaired) electrons. The molecular formula is C23H35N3O2. The molecule has 0 bridgehead atoms. The van der Waals surface area contributed by atoms with E-state index in [0.717, 1.165) is 44.0 Å². The van der Waals surface area contributed by atoms with Gasteiger partial charge in [0.15, 0.2) is 0 Å². The molecule has 1 N–H and O–H groups in total. The zero-order valence-corrected chi connectivity index (χ0v) is 17.4. The van der Waals surface area contributed by atoms with Gasteiger partial charge < -0.3 is 10.2 Å². The third-order valence-corrected chi connectivity index (χ3v) is 6.23. The van der Waals surface area contributed by atoms with Gasteiger partial charge in [0.25, 0.3) is 0 Å². The van der Waals surface area contributed by atoms with E-state index in [2.05, 4.69) is 24.1 Å². The number of likely N-dealkylation sites (tertiary alicyclic amines) is 2. The minimum atomic E-state index is -0.0825. The SMILES string of the molecule is CC1CCCN(C(C)CNC(=O)C2CCCN(C(=O)Cc3ccccc3)C2)C1. The van der Waals surface area contributed by atoms with Crippen LogP contribution in [0.25, 0.3) is 0 Å². The predicted molar refractivity (Wildman–Crippen MR) is 112 cm³/mol. The lowest BCUT2D eigenvalue weighted by atomic mass is 9.96. The molecule has 1 aromatic rings. The fraction of sp³-hybridized carbons (Fsp3) is 0.652. The fourth-order valence-corrected chi connectivity index (χ4v) is 4.45. The Morgan fingerprint density at radius 2 is 1.86 bits per heavy atom. The monoisotopic (exact) mass is 385 g/mol. The molecule has 2 fully saturated rings. The summed E-state index contributed by atoms with van der Waals surface area (Å²) in [7, 11) is 0. The van der Waals surface area contributed by atoms with E-state index >= 15 is 0 Å². The lowest BCUT2D eigenvalue weighted by molar-refractivity contribution is -0.135. The number of carbonyl (C=O) groups excluding carboxylic acids is 2. The van der Waals surface area contributed by atoms with Gasteiger partial charge in [-0.1, -0.05) is 37.3 Å². The molecule has 1 aromatic carbocycles.